The Balaban J connectivity index is 3.28. The van der Waals surface area contributed by atoms with Crippen LogP contribution in [0.3, 0.4) is 0 Å². The number of hydrogen-bond acceptors (Lipinski definition) is 6. The molecule has 0 spiro atoms. The Labute approximate surface area is 112 Å². The van der Waals surface area contributed by atoms with Gasteiger partial charge in [0.25, 0.3) is 12.1 Å². The maximum absolute atomic E-state index is 12.8. The molecule has 0 radical (unpaired) electrons. The summed E-state index contributed by atoms with van der Waals surface area (Å²) in [5, 5.41) is 10.9. The van der Waals surface area contributed by atoms with Crippen LogP contribution in [-0.2, 0) is 16.0 Å². The van der Waals surface area contributed by atoms with E-state index in [2.05, 4.69) is 14.5 Å². The minimum Gasteiger partial charge on any atom is -0.494 e. The molecule has 0 unspecified atom stereocenters. The predicted octanol–water partition coefficient (Wildman–Crippen LogP) is 2.04. The zero-order valence-corrected chi connectivity index (χ0v) is 10.8. The third-order valence-electron chi connectivity index (χ3n) is 2.31. The number of carbonyl (C=O) groups excluding carboxylic acids is 1. The summed E-state index contributed by atoms with van der Waals surface area (Å²) in [6, 6.07) is 0.822. The molecular weight excluding hydrogens is 278 g/mol. The minimum absolute atomic E-state index is 0.0739. The largest absolute Gasteiger partial charge is 0.494 e. The molecule has 7 nitrogen and oxygen atoms in total. The Kier molecular flexibility index (Phi) is 5.30. The van der Waals surface area contributed by atoms with Crippen molar-refractivity contribution >= 4 is 11.7 Å². The van der Waals surface area contributed by atoms with Crippen molar-refractivity contribution in [1.82, 2.24) is 4.98 Å². The first-order valence-electron chi connectivity index (χ1n) is 5.56. The molecule has 0 aromatic carbocycles. The van der Waals surface area contributed by atoms with Gasteiger partial charge in [-0.15, -0.1) is 0 Å². The first-order valence-corrected chi connectivity index (χ1v) is 5.56. The number of halogens is 2. The number of nitrogens with zero attached hydrogens (tertiary/aromatic N) is 2. The summed E-state index contributed by atoms with van der Waals surface area (Å²) >= 11 is 0. The van der Waals surface area contributed by atoms with Gasteiger partial charge < -0.3 is 9.47 Å². The van der Waals surface area contributed by atoms with E-state index in [1.165, 1.54) is 0 Å². The van der Waals surface area contributed by atoms with Gasteiger partial charge in [0, 0.05) is 0 Å². The minimum atomic E-state index is -2.98. The van der Waals surface area contributed by atoms with E-state index in [1.54, 1.807) is 6.92 Å². The monoisotopic (exact) mass is 290 g/mol. The number of hydrogen-bond donors (Lipinski definition) is 0. The molecule has 0 N–H and O–H groups in total. The maximum atomic E-state index is 12.8. The van der Waals surface area contributed by atoms with E-state index in [0.29, 0.717) is 0 Å². The highest BCUT2D eigenvalue weighted by molar-refractivity contribution is 5.73. The predicted molar refractivity (Wildman–Crippen MR) is 62.7 cm³/mol. The van der Waals surface area contributed by atoms with E-state index >= 15 is 0 Å². The standard InChI is InChI=1S/C11H12F2N2O5/c1-3-20-9(16)4-6-7(15(17)18)5-8(19-2)10(14-6)11(12)13/h5,11H,3-4H2,1-2H3. The van der Waals surface area contributed by atoms with Gasteiger partial charge in [-0.3, -0.25) is 14.9 Å². The first-order chi connectivity index (χ1) is 9.40. The van der Waals surface area contributed by atoms with Crippen molar-refractivity contribution in [1.29, 1.82) is 0 Å². The fraction of sp³-hybridized carbons (Fsp3) is 0.455. The van der Waals surface area contributed by atoms with Gasteiger partial charge in [-0.25, -0.2) is 13.8 Å². The number of carbonyl (C=O) groups is 1. The lowest BCUT2D eigenvalue weighted by Gasteiger charge is -2.09. The van der Waals surface area contributed by atoms with E-state index in [4.69, 9.17) is 0 Å². The van der Waals surface area contributed by atoms with Crippen molar-refractivity contribution in [3.05, 3.63) is 27.6 Å². The molecule has 0 atom stereocenters. The summed E-state index contributed by atoms with van der Waals surface area (Å²) in [6.07, 6.45) is -3.54. The van der Waals surface area contributed by atoms with Crippen LogP contribution in [0, 0.1) is 10.1 Å². The second-order valence-electron chi connectivity index (χ2n) is 3.58. The van der Waals surface area contributed by atoms with Gasteiger partial charge in [0.1, 0.15) is 11.4 Å². The normalized spacial score (nSPS) is 10.4. The lowest BCUT2D eigenvalue weighted by atomic mass is 10.2. The number of nitro groups is 1. The summed E-state index contributed by atoms with van der Waals surface area (Å²) in [5.74, 6) is -1.19. The van der Waals surface area contributed by atoms with Crippen LogP contribution in [0.5, 0.6) is 5.75 Å². The molecule has 0 aliphatic carbocycles. The van der Waals surface area contributed by atoms with Crippen molar-refractivity contribution in [2.75, 3.05) is 13.7 Å². The summed E-state index contributed by atoms with van der Waals surface area (Å²) in [7, 11) is 1.09. The third-order valence-corrected chi connectivity index (χ3v) is 2.31. The number of aromatic nitrogens is 1. The van der Waals surface area contributed by atoms with Crippen LogP contribution in [0.2, 0.25) is 0 Å². The lowest BCUT2D eigenvalue weighted by Crippen LogP contribution is -2.12. The van der Waals surface area contributed by atoms with E-state index in [-0.39, 0.29) is 12.3 Å². The van der Waals surface area contributed by atoms with Crippen molar-refractivity contribution in [2.24, 2.45) is 0 Å². The molecule has 0 bridgehead atoms. The van der Waals surface area contributed by atoms with E-state index in [9.17, 15) is 23.7 Å². The van der Waals surface area contributed by atoms with Gasteiger partial charge >= 0.3 is 5.97 Å². The second kappa shape index (κ2) is 6.73. The molecule has 9 heteroatoms. The Morgan fingerprint density at radius 1 is 1.55 bits per heavy atom. The quantitative estimate of drug-likeness (QED) is 0.452. The smallest absolute Gasteiger partial charge is 0.312 e. The Hall–Kier alpha value is -2.32. The van der Waals surface area contributed by atoms with Crippen LogP contribution >= 0.6 is 0 Å². The molecule has 1 aromatic rings. The number of pyridine rings is 1. The van der Waals surface area contributed by atoms with Gasteiger partial charge in [0.15, 0.2) is 5.75 Å². The van der Waals surface area contributed by atoms with Crippen molar-refractivity contribution in [3.8, 4) is 5.75 Å². The number of esters is 1. The molecule has 0 amide bonds. The Morgan fingerprint density at radius 3 is 2.65 bits per heavy atom. The van der Waals surface area contributed by atoms with Crippen LogP contribution in [0.1, 0.15) is 24.7 Å². The SMILES string of the molecule is CCOC(=O)Cc1nc(C(F)F)c(OC)cc1[N+](=O)[O-]. The molecule has 0 saturated heterocycles. The van der Waals surface area contributed by atoms with Crippen LogP contribution < -0.4 is 4.74 Å². The van der Waals surface area contributed by atoms with Crippen LogP contribution in [0.15, 0.2) is 6.07 Å². The fourth-order valence-electron chi connectivity index (χ4n) is 1.50. The van der Waals surface area contributed by atoms with E-state index in [1.807, 2.05) is 0 Å². The van der Waals surface area contributed by atoms with Crippen molar-refractivity contribution < 1.29 is 28.0 Å². The molecule has 20 heavy (non-hydrogen) atoms. The molecule has 110 valence electrons. The molecule has 1 rings (SSSR count). The molecule has 1 aromatic heterocycles. The van der Waals surface area contributed by atoms with Crippen molar-refractivity contribution in [3.63, 3.8) is 0 Å². The average Bonchev–Trinajstić information content (AvgIpc) is 2.37. The van der Waals surface area contributed by atoms with Gasteiger partial charge in [0.05, 0.1) is 31.1 Å². The molecule has 0 fully saturated rings. The molecule has 1 heterocycles. The Bertz CT molecular complexity index is 522. The van der Waals surface area contributed by atoms with Gasteiger partial charge in [-0.05, 0) is 6.92 Å². The van der Waals surface area contributed by atoms with E-state index in [0.717, 1.165) is 13.2 Å². The third kappa shape index (κ3) is 3.59. The van der Waals surface area contributed by atoms with Gasteiger partial charge in [-0.1, -0.05) is 0 Å². The number of rotatable bonds is 6. The zero-order chi connectivity index (χ0) is 15.3. The topological polar surface area (TPSA) is 91.6 Å². The lowest BCUT2D eigenvalue weighted by molar-refractivity contribution is -0.386. The van der Waals surface area contributed by atoms with Crippen molar-refractivity contribution in [2.45, 2.75) is 19.8 Å². The number of methoxy groups -OCH3 is 1. The van der Waals surface area contributed by atoms with Crippen LogP contribution in [-0.4, -0.2) is 29.6 Å². The number of alkyl halides is 2. The average molecular weight is 290 g/mol. The highest BCUT2D eigenvalue weighted by Gasteiger charge is 2.26. The van der Waals surface area contributed by atoms with Gasteiger partial charge in [-0.2, -0.15) is 0 Å². The molecule has 0 aliphatic rings. The summed E-state index contributed by atoms with van der Waals surface area (Å²) in [5.41, 5.74) is -1.71. The summed E-state index contributed by atoms with van der Waals surface area (Å²) in [4.78, 5) is 24.8. The summed E-state index contributed by atoms with van der Waals surface area (Å²) in [6.45, 7) is 1.63. The molecule has 0 saturated carbocycles. The fourth-order valence-corrected chi connectivity index (χ4v) is 1.50. The Morgan fingerprint density at radius 2 is 2.20 bits per heavy atom. The summed E-state index contributed by atoms with van der Waals surface area (Å²) < 4.78 is 34.8. The van der Waals surface area contributed by atoms with Gasteiger partial charge in [0.2, 0.25) is 0 Å². The number of ether oxygens (including phenoxy) is 2. The van der Waals surface area contributed by atoms with Crippen LogP contribution in [0.25, 0.3) is 0 Å². The molecular formula is C11H12F2N2O5. The highest BCUT2D eigenvalue weighted by atomic mass is 19.3. The zero-order valence-electron chi connectivity index (χ0n) is 10.8. The molecule has 0 aliphatic heterocycles. The highest BCUT2D eigenvalue weighted by Crippen LogP contribution is 2.32. The van der Waals surface area contributed by atoms with E-state index < -0.39 is 40.9 Å². The second-order valence-corrected chi connectivity index (χ2v) is 3.58. The van der Waals surface area contributed by atoms with Crippen LogP contribution in [0.4, 0.5) is 14.5 Å². The maximum Gasteiger partial charge on any atom is 0.312 e. The first kappa shape index (κ1) is 15.7.